The maximum atomic E-state index is 14.1. The quantitative estimate of drug-likeness (QED) is 0.563. The van der Waals surface area contributed by atoms with E-state index in [0.29, 0.717) is 28.2 Å². The molecule has 0 fully saturated rings. The molecule has 0 bridgehead atoms. The lowest BCUT2D eigenvalue weighted by Gasteiger charge is -2.12. The number of rotatable bonds is 4. The van der Waals surface area contributed by atoms with Crippen molar-refractivity contribution in [2.75, 3.05) is 0 Å². The van der Waals surface area contributed by atoms with Gasteiger partial charge in [-0.2, -0.15) is 0 Å². The van der Waals surface area contributed by atoms with Gasteiger partial charge in [0.25, 0.3) is 0 Å². The molecule has 8 heteroatoms. The summed E-state index contributed by atoms with van der Waals surface area (Å²) in [5, 5.41) is 0. The second kappa shape index (κ2) is 6.76. The van der Waals surface area contributed by atoms with Crippen LogP contribution in [0, 0.1) is 18.6 Å². The number of pyridine rings is 1. The topological polar surface area (TPSA) is 78.2 Å². The van der Waals surface area contributed by atoms with E-state index in [9.17, 15) is 13.6 Å². The molecule has 0 saturated heterocycles. The molecule has 152 valence electrons. The zero-order chi connectivity index (χ0) is 21.0. The standard InChI is InChI=1S/C22H19F2N5O/c1-12-7-16(23)17(24)9-15(12)21-22(28-6-2-3-20(28)27-21)13-4-5-19-26-10-14(8-18(25)30)29(19)11-13/h4-5,7,9-11H,2-3,6,8H2,1H3,(H2,25,30). The van der Waals surface area contributed by atoms with Crippen LogP contribution in [0.2, 0.25) is 0 Å². The molecule has 4 aromatic rings. The van der Waals surface area contributed by atoms with Crippen molar-refractivity contribution in [3.63, 3.8) is 0 Å². The fraction of sp³-hybridized carbons (Fsp3) is 0.227. The normalized spacial score (nSPS) is 13.2. The van der Waals surface area contributed by atoms with Crippen LogP contribution in [0.1, 0.15) is 23.5 Å². The Labute approximate surface area is 171 Å². The summed E-state index contributed by atoms with van der Waals surface area (Å²) in [6.07, 6.45) is 5.40. The Morgan fingerprint density at radius 2 is 2.03 bits per heavy atom. The molecule has 4 heterocycles. The second-order valence-corrected chi connectivity index (χ2v) is 7.60. The van der Waals surface area contributed by atoms with Gasteiger partial charge < -0.3 is 14.7 Å². The lowest BCUT2D eigenvalue weighted by Crippen LogP contribution is -2.14. The van der Waals surface area contributed by atoms with E-state index in [1.165, 1.54) is 12.1 Å². The second-order valence-electron chi connectivity index (χ2n) is 7.60. The smallest absolute Gasteiger partial charge is 0.223 e. The molecule has 6 nitrogen and oxygen atoms in total. The average molecular weight is 407 g/mol. The molecular weight excluding hydrogens is 388 g/mol. The van der Waals surface area contributed by atoms with Gasteiger partial charge in [-0.05, 0) is 43.2 Å². The molecular formula is C22H19F2N5O. The Morgan fingerprint density at radius 1 is 1.23 bits per heavy atom. The van der Waals surface area contributed by atoms with Gasteiger partial charge in [-0.3, -0.25) is 4.79 Å². The van der Waals surface area contributed by atoms with Gasteiger partial charge in [0.15, 0.2) is 11.6 Å². The van der Waals surface area contributed by atoms with E-state index < -0.39 is 17.5 Å². The van der Waals surface area contributed by atoms with Crippen molar-refractivity contribution in [3.8, 4) is 22.5 Å². The van der Waals surface area contributed by atoms with Crippen molar-refractivity contribution in [3.05, 3.63) is 65.4 Å². The number of fused-ring (bicyclic) bond motifs is 2. The number of nitrogens with two attached hydrogens (primary N) is 1. The Morgan fingerprint density at radius 3 is 2.83 bits per heavy atom. The van der Waals surface area contributed by atoms with E-state index in [0.717, 1.165) is 36.5 Å². The number of benzene rings is 1. The lowest BCUT2D eigenvalue weighted by atomic mass is 10.0. The summed E-state index contributed by atoms with van der Waals surface area (Å²) in [6, 6.07) is 6.19. The Kier molecular flexibility index (Phi) is 4.16. The molecule has 2 N–H and O–H groups in total. The molecule has 0 unspecified atom stereocenters. The summed E-state index contributed by atoms with van der Waals surface area (Å²) in [4.78, 5) is 20.5. The van der Waals surface area contributed by atoms with Crippen LogP contribution in [0.3, 0.4) is 0 Å². The zero-order valence-corrected chi connectivity index (χ0v) is 16.3. The Bertz CT molecular complexity index is 1320. The minimum atomic E-state index is -0.900. The van der Waals surface area contributed by atoms with Crippen LogP contribution in [-0.4, -0.2) is 24.8 Å². The fourth-order valence-electron chi connectivity index (χ4n) is 4.19. The maximum absolute atomic E-state index is 14.1. The minimum absolute atomic E-state index is 0.0737. The zero-order valence-electron chi connectivity index (χ0n) is 16.3. The number of carbonyl (C=O) groups excluding carboxylic acids is 1. The number of aryl methyl sites for hydroxylation is 2. The third kappa shape index (κ3) is 2.87. The van der Waals surface area contributed by atoms with Crippen LogP contribution >= 0.6 is 0 Å². The predicted octanol–water partition coefficient (Wildman–Crippen LogP) is 3.43. The number of hydrogen-bond donors (Lipinski definition) is 1. The maximum Gasteiger partial charge on any atom is 0.223 e. The van der Waals surface area contributed by atoms with Crippen molar-refractivity contribution in [2.24, 2.45) is 5.73 Å². The Balaban J connectivity index is 1.74. The summed E-state index contributed by atoms with van der Waals surface area (Å²) >= 11 is 0. The van der Waals surface area contributed by atoms with E-state index in [4.69, 9.17) is 10.7 Å². The first kappa shape index (κ1) is 18.5. The van der Waals surface area contributed by atoms with E-state index in [-0.39, 0.29) is 6.42 Å². The monoisotopic (exact) mass is 407 g/mol. The van der Waals surface area contributed by atoms with Gasteiger partial charge in [0.2, 0.25) is 5.91 Å². The largest absolute Gasteiger partial charge is 0.369 e. The van der Waals surface area contributed by atoms with Crippen molar-refractivity contribution >= 4 is 11.6 Å². The average Bonchev–Trinajstić information content (AvgIpc) is 3.39. The highest BCUT2D eigenvalue weighted by molar-refractivity contribution is 5.81. The predicted molar refractivity (Wildman–Crippen MR) is 108 cm³/mol. The van der Waals surface area contributed by atoms with Crippen LogP contribution < -0.4 is 5.73 Å². The van der Waals surface area contributed by atoms with Crippen LogP contribution in [-0.2, 0) is 24.2 Å². The number of aromatic nitrogens is 4. The number of halogens is 2. The van der Waals surface area contributed by atoms with Crippen molar-refractivity contribution < 1.29 is 13.6 Å². The van der Waals surface area contributed by atoms with Crippen LogP contribution in [0.5, 0.6) is 0 Å². The van der Waals surface area contributed by atoms with Crippen molar-refractivity contribution in [1.29, 1.82) is 0 Å². The lowest BCUT2D eigenvalue weighted by molar-refractivity contribution is -0.117. The van der Waals surface area contributed by atoms with E-state index in [1.54, 1.807) is 13.1 Å². The van der Waals surface area contributed by atoms with Gasteiger partial charge in [0, 0.05) is 36.5 Å². The molecule has 0 atom stereocenters. The first-order chi connectivity index (χ1) is 14.4. The summed E-state index contributed by atoms with van der Waals surface area (Å²) in [7, 11) is 0. The molecule has 30 heavy (non-hydrogen) atoms. The molecule has 0 aliphatic carbocycles. The molecule has 0 saturated carbocycles. The molecule has 3 aromatic heterocycles. The number of amides is 1. The van der Waals surface area contributed by atoms with Crippen LogP contribution in [0.15, 0.2) is 36.7 Å². The summed E-state index contributed by atoms with van der Waals surface area (Å²) < 4.78 is 31.7. The van der Waals surface area contributed by atoms with Gasteiger partial charge in [0.1, 0.15) is 11.5 Å². The molecule has 1 aromatic carbocycles. The minimum Gasteiger partial charge on any atom is -0.369 e. The molecule has 5 rings (SSSR count). The number of primary amides is 1. The van der Waals surface area contributed by atoms with Crippen molar-refractivity contribution in [2.45, 2.75) is 32.7 Å². The number of imidazole rings is 2. The van der Waals surface area contributed by atoms with E-state index >= 15 is 0 Å². The molecule has 0 spiro atoms. The Hall–Kier alpha value is -3.55. The third-order valence-electron chi connectivity index (χ3n) is 5.56. The number of hydrogen-bond acceptors (Lipinski definition) is 3. The van der Waals surface area contributed by atoms with Gasteiger partial charge in [0.05, 0.1) is 23.5 Å². The molecule has 0 radical (unpaired) electrons. The van der Waals surface area contributed by atoms with Gasteiger partial charge in [-0.25, -0.2) is 18.7 Å². The third-order valence-corrected chi connectivity index (χ3v) is 5.56. The van der Waals surface area contributed by atoms with E-state index in [2.05, 4.69) is 9.55 Å². The van der Waals surface area contributed by atoms with Crippen LogP contribution in [0.25, 0.3) is 28.2 Å². The first-order valence-corrected chi connectivity index (χ1v) is 9.72. The summed E-state index contributed by atoms with van der Waals surface area (Å²) in [5.41, 5.74) is 10.2. The van der Waals surface area contributed by atoms with Gasteiger partial charge >= 0.3 is 0 Å². The SMILES string of the molecule is Cc1cc(F)c(F)cc1-c1nc2n(c1-c1ccc3ncc(CC(N)=O)n3c1)CCC2. The summed E-state index contributed by atoms with van der Waals surface area (Å²) in [6.45, 7) is 2.55. The van der Waals surface area contributed by atoms with Gasteiger partial charge in [-0.1, -0.05) is 0 Å². The van der Waals surface area contributed by atoms with Crippen molar-refractivity contribution in [1.82, 2.24) is 18.9 Å². The highest BCUT2D eigenvalue weighted by Gasteiger charge is 2.25. The summed E-state index contributed by atoms with van der Waals surface area (Å²) in [5.74, 6) is -1.29. The van der Waals surface area contributed by atoms with E-state index in [1.807, 2.05) is 22.7 Å². The molecule has 1 aliphatic rings. The number of nitrogens with zero attached hydrogens (tertiary/aromatic N) is 4. The fourth-order valence-corrected chi connectivity index (χ4v) is 4.19. The van der Waals surface area contributed by atoms with Crippen LogP contribution in [0.4, 0.5) is 8.78 Å². The molecule has 1 amide bonds. The molecule has 1 aliphatic heterocycles. The highest BCUT2D eigenvalue weighted by Crippen LogP contribution is 2.37. The highest BCUT2D eigenvalue weighted by atomic mass is 19.2. The van der Waals surface area contributed by atoms with Gasteiger partial charge in [-0.15, -0.1) is 0 Å². The number of carbonyl (C=O) groups is 1. The first-order valence-electron chi connectivity index (χ1n) is 9.72.